The molecule has 3 N–H and O–H groups in total. The minimum Gasteiger partial charge on any atom is -0.496 e. The van der Waals surface area contributed by atoms with Crippen molar-refractivity contribution in [2.45, 2.75) is 50.7 Å². The Morgan fingerprint density at radius 3 is 2.61 bits per heavy atom. The predicted octanol–water partition coefficient (Wildman–Crippen LogP) is 4.12. The monoisotopic (exact) mass is 381 g/mol. The molecule has 0 radical (unpaired) electrons. The van der Waals surface area contributed by atoms with Crippen LogP contribution < -0.4 is 15.8 Å². The first kappa shape index (κ1) is 20.8. The first-order valence-electron chi connectivity index (χ1n) is 10.7. The topological polar surface area (TPSA) is 50.5 Å². The van der Waals surface area contributed by atoms with Crippen LogP contribution in [0, 0.1) is 0 Å². The number of nitrogens with two attached hydrogens (primary N) is 1. The largest absolute Gasteiger partial charge is 0.496 e. The van der Waals surface area contributed by atoms with Crippen molar-refractivity contribution >= 4 is 0 Å². The molecule has 1 fully saturated rings. The van der Waals surface area contributed by atoms with Gasteiger partial charge in [-0.1, -0.05) is 55.0 Å². The third kappa shape index (κ3) is 5.57. The Hall–Kier alpha value is -1.88. The van der Waals surface area contributed by atoms with Crippen molar-refractivity contribution in [2.24, 2.45) is 5.73 Å². The molecule has 0 spiro atoms. The van der Waals surface area contributed by atoms with Gasteiger partial charge in [-0.15, -0.1) is 0 Å². The summed E-state index contributed by atoms with van der Waals surface area (Å²) in [7, 11) is 1.75. The van der Waals surface area contributed by atoms with Crippen LogP contribution in [0.1, 0.15) is 49.3 Å². The number of hydrogen-bond acceptors (Lipinski definition) is 4. The molecule has 1 heterocycles. The van der Waals surface area contributed by atoms with E-state index in [1.165, 1.54) is 43.4 Å². The number of nitrogens with zero attached hydrogens (tertiary/aromatic N) is 1. The summed E-state index contributed by atoms with van der Waals surface area (Å²) in [5.41, 5.74) is 8.31. The van der Waals surface area contributed by atoms with Crippen LogP contribution in [0.5, 0.6) is 5.75 Å². The molecule has 0 amide bonds. The van der Waals surface area contributed by atoms with Crippen LogP contribution in [0.3, 0.4) is 0 Å². The van der Waals surface area contributed by atoms with Gasteiger partial charge in [0.25, 0.3) is 0 Å². The number of para-hydroxylation sites is 1. The third-order valence-electron chi connectivity index (χ3n) is 5.77. The van der Waals surface area contributed by atoms with E-state index in [0.29, 0.717) is 12.1 Å². The Morgan fingerprint density at radius 1 is 1.04 bits per heavy atom. The number of unbranched alkanes of at least 4 members (excludes halogenated alkanes) is 2. The number of methoxy groups -OCH3 is 1. The van der Waals surface area contributed by atoms with Gasteiger partial charge < -0.3 is 15.8 Å². The Morgan fingerprint density at radius 2 is 1.82 bits per heavy atom. The van der Waals surface area contributed by atoms with Gasteiger partial charge in [0, 0.05) is 18.2 Å². The standard InChI is InChI=1S/C24H35N3O/c1-28-23-15-7-6-13-21(23)19-26-22-14-10-18-27(17-9-3-8-16-25)24(22)20-11-4-2-5-12-20/h2,4-7,11-13,15,22,24,26H,3,8-10,14,16-19,25H2,1H3. The van der Waals surface area contributed by atoms with Crippen LogP contribution in [0.2, 0.25) is 0 Å². The summed E-state index contributed by atoms with van der Waals surface area (Å²) in [6.45, 7) is 3.95. The summed E-state index contributed by atoms with van der Waals surface area (Å²) in [6, 6.07) is 20.1. The lowest BCUT2D eigenvalue weighted by Gasteiger charge is -2.42. The van der Waals surface area contributed by atoms with Gasteiger partial charge in [-0.25, -0.2) is 0 Å². The maximum absolute atomic E-state index is 5.67. The van der Waals surface area contributed by atoms with Gasteiger partial charge in [0.15, 0.2) is 0 Å². The molecule has 2 aromatic carbocycles. The van der Waals surface area contributed by atoms with Crippen molar-refractivity contribution in [2.75, 3.05) is 26.7 Å². The molecule has 1 aliphatic rings. The number of benzene rings is 2. The number of piperidine rings is 1. The maximum atomic E-state index is 5.67. The van der Waals surface area contributed by atoms with E-state index >= 15 is 0 Å². The average molecular weight is 382 g/mol. The molecular weight excluding hydrogens is 346 g/mol. The summed E-state index contributed by atoms with van der Waals surface area (Å²) >= 11 is 0. The molecule has 152 valence electrons. The lowest BCUT2D eigenvalue weighted by molar-refractivity contribution is 0.108. The second-order valence-electron chi connectivity index (χ2n) is 7.68. The fraction of sp³-hybridized carbons (Fsp3) is 0.500. The van der Waals surface area contributed by atoms with Crippen LogP contribution in [-0.4, -0.2) is 37.7 Å². The summed E-state index contributed by atoms with van der Waals surface area (Å²) in [5.74, 6) is 0.959. The molecule has 1 saturated heterocycles. The molecule has 2 aromatic rings. The quantitative estimate of drug-likeness (QED) is 0.608. The average Bonchev–Trinajstić information content (AvgIpc) is 2.76. The Kier molecular flexibility index (Phi) is 8.34. The van der Waals surface area contributed by atoms with Gasteiger partial charge in [0.2, 0.25) is 0 Å². The van der Waals surface area contributed by atoms with Crippen LogP contribution >= 0.6 is 0 Å². The highest BCUT2D eigenvalue weighted by Crippen LogP contribution is 2.32. The van der Waals surface area contributed by atoms with Crippen LogP contribution in [0.15, 0.2) is 54.6 Å². The number of rotatable bonds is 10. The van der Waals surface area contributed by atoms with E-state index < -0.39 is 0 Å². The van der Waals surface area contributed by atoms with E-state index in [1.807, 2.05) is 12.1 Å². The minimum absolute atomic E-state index is 0.419. The second kappa shape index (κ2) is 11.2. The molecule has 28 heavy (non-hydrogen) atoms. The maximum Gasteiger partial charge on any atom is 0.123 e. The molecule has 0 bridgehead atoms. The fourth-order valence-corrected chi connectivity index (χ4v) is 4.35. The third-order valence-corrected chi connectivity index (χ3v) is 5.77. The molecule has 2 unspecified atom stereocenters. The molecule has 1 aliphatic heterocycles. The van der Waals surface area contributed by atoms with Gasteiger partial charge in [-0.3, -0.25) is 4.90 Å². The lowest BCUT2D eigenvalue weighted by atomic mass is 9.89. The van der Waals surface area contributed by atoms with Gasteiger partial charge >= 0.3 is 0 Å². The van der Waals surface area contributed by atoms with Crippen molar-refractivity contribution in [1.82, 2.24) is 10.2 Å². The lowest BCUT2D eigenvalue weighted by Crippen LogP contribution is -2.48. The Balaban J connectivity index is 1.71. The number of hydrogen-bond donors (Lipinski definition) is 2. The second-order valence-corrected chi connectivity index (χ2v) is 7.68. The fourth-order valence-electron chi connectivity index (χ4n) is 4.35. The molecule has 2 atom stereocenters. The van der Waals surface area contributed by atoms with Crippen LogP contribution in [0.4, 0.5) is 0 Å². The van der Waals surface area contributed by atoms with E-state index in [0.717, 1.165) is 31.8 Å². The van der Waals surface area contributed by atoms with E-state index in [4.69, 9.17) is 10.5 Å². The number of nitrogens with one attached hydrogen (secondary N) is 1. The number of likely N-dealkylation sites (tertiary alicyclic amines) is 1. The summed E-state index contributed by atoms with van der Waals surface area (Å²) in [5, 5.41) is 3.85. The van der Waals surface area contributed by atoms with Crippen molar-refractivity contribution in [3.8, 4) is 5.75 Å². The summed E-state index contributed by atoms with van der Waals surface area (Å²) in [4.78, 5) is 2.68. The number of ether oxygens (including phenoxy) is 1. The summed E-state index contributed by atoms with van der Waals surface area (Å²) in [6.07, 6.45) is 6.00. The highest BCUT2D eigenvalue weighted by molar-refractivity contribution is 5.33. The normalized spacial score (nSPS) is 20.2. The first-order valence-corrected chi connectivity index (χ1v) is 10.7. The highest BCUT2D eigenvalue weighted by atomic mass is 16.5. The van der Waals surface area contributed by atoms with E-state index in [2.05, 4.69) is 52.7 Å². The smallest absolute Gasteiger partial charge is 0.123 e. The highest BCUT2D eigenvalue weighted by Gasteiger charge is 2.32. The molecule has 4 nitrogen and oxygen atoms in total. The van der Waals surface area contributed by atoms with Crippen LogP contribution in [-0.2, 0) is 6.54 Å². The minimum atomic E-state index is 0.419. The van der Waals surface area contributed by atoms with E-state index in [1.54, 1.807) is 7.11 Å². The predicted molar refractivity (Wildman–Crippen MR) is 117 cm³/mol. The van der Waals surface area contributed by atoms with Gasteiger partial charge in [0.1, 0.15) is 5.75 Å². The summed E-state index contributed by atoms with van der Waals surface area (Å²) < 4.78 is 5.53. The molecule has 4 heteroatoms. The molecule has 0 aliphatic carbocycles. The van der Waals surface area contributed by atoms with Crippen LogP contribution in [0.25, 0.3) is 0 Å². The van der Waals surface area contributed by atoms with Gasteiger partial charge in [-0.2, -0.15) is 0 Å². The first-order chi connectivity index (χ1) is 13.8. The van der Waals surface area contributed by atoms with Gasteiger partial charge in [-0.05, 0) is 56.9 Å². The zero-order chi connectivity index (χ0) is 19.6. The van der Waals surface area contributed by atoms with Crippen molar-refractivity contribution in [1.29, 1.82) is 0 Å². The Labute approximate surface area is 170 Å². The van der Waals surface area contributed by atoms with Gasteiger partial charge in [0.05, 0.1) is 13.2 Å². The van der Waals surface area contributed by atoms with E-state index in [-0.39, 0.29) is 0 Å². The van der Waals surface area contributed by atoms with Crippen molar-refractivity contribution in [3.63, 3.8) is 0 Å². The zero-order valence-corrected chi connectivity index (χ0v) is 17.1. The van der Waals surface area contributed by atoms with Crippen molar-refractivity contribution in [3.05, 3.63) is 65.7 Å². The Bertz CT molecular complexity index is 691. The molecule has 0 aromatic heterocycles. The molecule has 0 saturated carbocycles. The van der Waals surface area contributed by atoms with Crippen molar-refractivity contribution < 1.29 is 4.74 Å². The molecule has 3 rings (SSSR count). The zero-order valence-electron chi connectivity index (χ0n) is 17.1. The SMILES string of the molecule is COc1ccccc1CNC1CCCN(CCCCCN)C1c1ccccc1. The molecular formula is C24H35N3O. The van der Waals surface area contributed by atoms with E-state index in [9.17, 15) is 0 Å².